The molecular formula is C19H27N3O5S. The number of nitrogens with zero attached hydrogens (tertiary/aromatic N) is 1. The van der Waals surface area contributed by atoms with Gasteiger partial charge in [-0.1, -0.05) is 26.7 Å². The summed E-state index contributed by atoms with van der Waals surface area (Å²) in [4.78, 5) is 23.7. The van der Waals surface area contributed by atoms with E-state index in [1.54, 1.807) is 7.05 Å². The Morgan fingerprint density at radius 3 is 2.79 bits per heavy atom. The number of benzene rings is 1. The molecule has 0 radical (unpaired) electrons. The number of hydrogen-bond acceptors (Lipinski definition) is 5. The molecule has 2 N–H and O–H groups in total. The molecule has 0 unspecified atom stereocenters. The molecular weight excluding hydrogens is 382 g/mol. The van der Waals surface area contributed by atoms with E-state index in [9.17, 15) is 18.0 Å². The summed E-state index contributed by atoms with van der Waals surface area (Å²) in [7, 11) is -2.26. The van der Waals surface area contributed by atoms with Crippen molar-refractivity contribution in [2.75, 3.05) is 6.54 Å². The highest BCUT2D eigenvalue weighted by molar-refractivity contribution is 7.89. The van der Waals surface area contributed by atoms with E-state index in [0.717, 1.165) is 12.8 Å². The normalized spacial score (nSPS) is 23.0. The van der Waals surface area contributed by atoms with Gasteiger partial charge in [0.2, 0.25) is 15.9 Å². The molecule has 0 spiro atoms. The lowest BCUT2D eigenvalue weighted by molar-refractivity contribution is -0.122. The third-order valence-electron chi connectivity index (χ3n) is 5.77. The van der Waals surface area contributed by atoms with Gasteiger partial charge in [0.1, 0.15) is 0 Å². The number of aryl methyl sites for hydroxylation is 1. The predicted molar refractivity (Wildman–Crippen MR) is 105 cm³/mol. The van der Waals surface area contributed by atoms with Crippen LogP contribution < -0.4 is 15.8 Å². The number of sulfonamides is 1. The molecule has 1 heterocycles. The van der Waals surface area contributed by atoms with Crippen LogP contribution in [-0.4, -0.2) is 31.5 Å². The number of rotatable bonds is 6. The SMILES string of the molecule is C[C@@H]1[C@H](C)CCC[C@@H]1NC(=O)CCNS(=O)(=O)c1ccc2c(c1)oc(=O)n2C. The van der Waals surface area contributed by atoms with Crippen molar-refractivity contribution in [3.05, 3.63) is 28.7 Å². The molecule has 2 aromatic rings. The van der Waals surface area contributed by atoms with E-state index < -0.39 is 15.8 Å². The van der Waals surface area contributed by atoms with Gasteiger partial charge in [-0.3, -0.25) is 9.36 Å². The Labute approximate surface area is 164 Å². The lowest BCUT2D eigenvalue weighted by Crippen LogP contribution is -2.44. The second kappa shape index (κ2) is 8.08. The highest BCUT2D eigenvalue weighted by Crippen LogP contribution is 2.29. The molecule has 1 aliphatic carbocycles. The summed E-state index contributed by atoms with van der Waals surface area (Å²) in [6.07, 6.45) is 3.31. The average Bonchev–Trinajstić information content (AvgIpc) is 2.92. The molecule has 3 rings (SSSR count). The minimum absolute atomic E-state index is 0.00158. The molecule has 1 aliphatic rings. The van der Waals surface area contributed by atoms with Crippen LogP contribution in [0, 0.1) is 11.8 Å². The molecule has 1 saturated carbocycles. The molecule has 28 heavy (non-hydrogen) atoms. The first-order valence-corrected chi connectivity index (χ1v) is 11.1. The van der Waals surface area contributed by atoms with E-state index >= 15 is 0 Å². The summed E-state index contributed by atoms with van der Waals surface area (Å²) >= 11 is 0. The maximum atomic E-state index is 12.5. The first kappa shape index (κ1) is 20.6. The van der Waals surface area contributed by atoms with Gasteiger partial charge in [0.25, 0.3) is 0 Å². The van der Waals surface area contributed by atoms with Gasteiger partial charge >= 0.3 is 5.76 Å². The maximum absolute atomic E-state index is 12.5. The number of hydrogen-bond donors (Lipinski definition) is 2. The molecule has 0 aliphatic heterocycles. The molecule has 3 atom stereocenters. The van der Waals surface area contributed by atoms with Crippen molar-refractivity contribution in [3.8, 4) is 0 Å². The van der Waals surface area contributed by atoms with Crippen molar-refractivity contribution in [1.29, 1.82) is 0 Å². The Bertz CT molecular complexity index is 1020. The van der Waals surface area contributed by atoms with Crippen LogP contribution in [0.2, 0.25) is 0 Å². The van der Waals surface area contributed by atoms with Crippen molar-refractivity contribution in [3.63, 3.8) is 0 Å². The van der Waals surface area contributed by atoms with Crippen molar-refractivity contribution < 1.29 is 17.6 Å². The zero-order chi connectivity index (χ0) is 20.5. The van der Waals surface area contributed by atoms with Gasteiger partial charge in [-0.25, -0.2) is 17.9 Å². The number of amides is 1. The van der Waals surface area contributed by atoms with Crippen LogP contribution in [0.4, 0.5) is 0 Å². The summed E-state index contributed by atoms with van der Waals surface area (Å²) < 4.78 is 33.7. The van der Waals surface area contributed by atoms with Crippen molar-refractivity contribution in [2.24, 2.45) is 18.9 Å². The fourth-order valence-corrected chi connectivity index (χ4v) is 4.78. The number of oxazole rings is 1. The average molecular weight is 410 g/mol. The lowest BCUT2D eigenvalue weighted by atomic mass is 9.78. The Hall–Kier alpha value is -2.13. The Kier molecular flexibility index (Phi) is 5.95. The van der Waals surface area contributed by atoms with E-state index in [1.807, 2.05) is 0 Å². The molecule has 8 nitrogen and oxygen atoms in total. The molecule has 154 valence electrons. The van der Waals surface area contributed by atoms with Crippen LogP contribution in [-0.2, 0) is 21.9 Å². The first-order chi connectivity index (χ1) is 13.2. The van der Waals surface area contributed by atoms with Crippen molar-refractivity contribution in [2.45, 2.75) is 50.5 Å². The van der Waals surface area contributed by atoms with Crippen molar-refractivity contribution in [1.82, 2.24) is 14.6 Å². The van der Waals surface area contributed by atoms with Gasteiger partial charge in [0, 0.05) is 32.1 Å². The second-order valence-electron chi connectivity index (χ2n) is 7.65. The topological polar surface area (TPSA) is 110 Å². The van der Waals surface area contributed by atoms with Gasteiger partial charge in [-0.05, 0) is 30.4 Å². The summed E-state index contributed by atoms with van der Waals surface area (Å²) in [5.41, 5.74) is 0.715. The van der Waals surface area contributed by atoms with E-state index in [-0.39, 0.29) is 35.4 Å². The molecule has 0 bridgehead atoms. The summed E-state index contributed by atoms with van der Waals surface area (Å²) in [5.74, 6) is 0.283. The molecule has 1 fully saturated rings. The quantitative estimate of drug-likeness (QED) is 0.755. The highest BCUT2D eigenvalue weighted by atomic mass is 32.2. The third-order valence-corrected chi connectivity index (χ3v) is 7.23. The van der Waals surface area contributed by atoms with Gasteiger partial charge in [0.05, 0.1) is 10.4 Å². The van der Waals surface area contributed by atoms with Gasteiger partial charge in [-0.2, -0.15) is 0 Å². The third kappa shape index (κ3) is 4.30. The highest BCUT2D eigenvalue weighted by Gasteiger charge is 2.28. The van der Waals surface area contributed by atoms with Gasteiger partial charge < -0.3 is 9.73 Å². The summed E-state index contributed by atoms with van der Waals surface area (Å²) in [5, 5.41) is 3.03. The van der Waals surface area contributed by atoms with Crippen LogP contribution in [0.5, 0.6) is 0 Å². The number of fused-ring (bicyclic) bond motifs is 1. The van der Waals surface area contributed by atoms with E-state index in [2.05, 4.69) is 23.9 Å². The number of aromatic nitrogens is 1. The Morgan fingerprint density at radius 1 is 1.29 bits per heavy atom. The molecule has 1 amide bonds. The van der Waals surface area contributed by atoms with E-state index in [1.165, 1.54) is 29.2 Å². The number of nitrogens with one attached hydrogen (secondary N) is 2. The number of carbonyl (C=O) groups excluding carboxylic acids is 1. The number of carbonyl (C=O) groups is 1. The largest absolute Gasteiger partial charge is 0.419 e. The smallest absolute Gasteiger partial charge is 0.408 e. The molecule has 1 aromatic heterocycles. The monoisotopic (exact) mass is 409 g/mol. The van der Waals surface area contributed by atoms with Crippen LogP contribution in [0.25, 0.3) is 11.1 Å². The summed E-state index contributed by atoms with van der Waals surface area (Å²) in [6, 6.07) is 4.39. The fourth-order valence-electron chi connectivity index (χ4n) is 3.73. The van der Waals surface area contributed by atoms with Crippen LogP contribution >= 0.6 is 0 Å². The lowest BCUT2D eigenvalue weighted by Gasteiger charge is -2.34. The molecule has 1 aromatic carbocycles. The zero-order valence-electron chi connectivity index (χ0n) is 16.4. The van der Waals surface area contributed by atoms with Crippen LogP contribution in [0.15, 0.2) is 32.3 Å². The zero-order valence-corrected chi connectivity index (χ0v) is 17.2. The van der Waals surface area contributed by atoms with E-state index in [4.69, 9.17) is 4.42 Å². The second-order valence-corrected chi connectivity index (χ2v) is 9.41. The van der Waals surface area contributed by atoms with E-state index in [0.29, 0.717) is 17.4 Å². The predicted octanol–water partition coefficient (Wildman–Crippen LogP) is 1.74. The molecule has 9 heteroatoms. The van der Waals surface area contributed by atoms with Gasteiger partial charge in [-0.15, -0.1) is 0 Å². The minimum atomic E-state index is -3.80. The first-order valence-electron chi connectivity index (χ1n) is 9.57. The standard InChI is InChI=1S/C19H27N3O5S/c1-12-5-4-6-15(13(12)2)21-18(23)9-10-20-28(25,26)14-7-8-16-17(11-14)27-19(24)22(16)3/h7-8,11-13,15,20H,4-6,9-10H2,1-3H3,(H,21,23)/t12-,13-,15+/m1/s1. The minimum Gasteiger partial charge on any atom is -0.408 e. The van der Waals surface area contributed by atoms with Crippen molar-refractivity contribution >= 4 is 27.0 Å². The van der Waals surface area contributed by atoms with Gasteiger partial charge in [0.15, 0.2) is 5.58 Å². The Morgan fingerprint density at radius 2 is 2.04 bits per heavy atom. The Balaban J connectivity index is 1.57. The molecule has 0 saturated heterocycles. The van der Waals surface area contributed by atoms with Crippen LogP contribution in [0.1, 0.15) is 39.5 Å². The maximum Gasteiger partial charge on any atom is 0.419 e. The van der Waals surface area contributed by atoms with Crippen LogP contribution in [0.3, 0.4) is 0 Å². The fraction of sp³-hybridized carbons (Fsp3) is 0.579. The summed E-state index contributed by atoms with van der Waals surface area (Å²) in [6.45, 7) is 4.35.